The van der Waals surface area contributed by atoms with E-state index >= 15 is 0 Å². The summed E-state index contributed by atoms with van der Waals surface area (Å²) in [5, 5.41) is 14.8. The lowest BCUT2D eigenvalue weighted by Gasteiger charge is -2.04. The molecule has 2 aromatic heterocycles. The minimum atomic E-state index is -0.550. The Balaban J connectivity index is 2.05. The first kappa shape index (κ1) is 12.3. The first-order valence-corrected chi connectivity index (χ1v) is 6.91. The maximum absolute atomic E-state index is 10.8. The van der Waals surface area contributed by atoms with Crippen LogP contribution in [-0.4, -0.2) is 11.0 Å². The van der Waals surface area contributed by atoms with Crippen LogP contribution in [-0.2, 0) is 11.3 Å². The van der Waals surface area contributed by atoms with Crippen molar-refractivity contribution in [1.29, 1.82) is 0 Å². The zero-order valence-electron chi connectivity index (χ0n) is 9.34. The Bertz CT molecular complexity index is 490. The second-order valence-corrected chi connectivity index (χ2v) is 5.81. The number of thiophene rings is 2. The normalized spacial score (nSPS) is 12.4. The van der Waals surface area contributed by atoms with Gasteiger partial charge in [0.1, 0.15) is 6.10 Å². The van der Waals surface area contributed by atoms with Crippen LogP contribution in [0.2, 0.25) is 0 Å². The molecule has 0 spiro atoms. The van der Waals surface area contributed by atoms with E-state index in [0.717, 1.165) is 14.6 Å². The fourth-order valence-electron chi connectivity index (χ4n) is 1.44. The molecule has 0 radical (unpaired) electrons. The molecule has 1 atom stereocenters. The Morgan fingerprint density at radius 1 is 1.41 bits per heavy atom. The third-order valence-electron chi connectivity index (χ3n) is 2.28. The molecule has 0 aromatic carbocycles. The van der Waals surface area contributed by atoms with Crippen LogP contribution >= 0.6 is 22.7 Å². The second-order valence-electron chi connectivity index (χ2n) is 3.63. The van der Waals surface area contributed by atoms with Crippen molar-refractivity contribution in [2.24, 2.45) is 0 Å². The summed E-state index contributed by atoms with van der Waals surface area (Å²) in [6.07, 6.45) is -0.550. The molecule has 2 rings (SSSR count). The van der Waals surface area contributed by atoms with Crippen molar-refractivity contribution in [3.63, 3.8) is 0 Å². The molecular formula is C12H13NO2S2. The fourth-order valence-corrected chi connectivity index (χ4v) is 3.19. The summed E-state index contributed by atoms with van der Waals surface area (Å²) in [5.74, 6) is -0.0428. The van der Waals surface area contributed by atoms with Gasteiger partial charge < -0.3 is 10.4 Å². The van der Waals surface area contributed by atoms with E-state index in [4.69, 9.17) is 0 Å². The van der Waals surface area contributed by atoms with Crippen molar-refractivity contribution in [2.45, 2.75) is 19.6 Å². The van der Waals surface area contributed by atoms with Crippen molar-refractivity contribution >= 4 is 28.6 Å². The van der Waals surface area contributed by atoms with Gasteiger partial charge in [-0.3, -0.25) is 4.79 Å². The van der Waals surface area contributed by atoms with Crippen molar-refractivity contribution < 1.29 is 9.90 Å². The largest absolute Gasteiger partial charge is 0.382 e. The smallest absolute Gasteiger partial charge is 0.217 e. The third-order valence-corrected chi connectivity index (χ3v) is 4.34. The molecule has 5 heteroatoms. The van der Waals surface area contributed by atoms with Gasteiger partial charge in [0.05, 0.1) is 6.54 Å². The second kappa shape index (κ2) is 5.44. The van der Waals surface area contributed by atoms with Gasteiger partial charge in [0, 0.05) is 21.6 Å². The summed E-state index contributed by atoms with van der Waals surface area (Å²) in [6.45, 7) is 2.02. The highest BCUT2D eigenvalue weighted by molar-refractivity contribution is 7.12. The maximum atomic E-state index is 10.8. The van der Waals surface area contributed by atoms with Crippen LogP contribution in [0.5, 0.6) is 0 Å². The highest BCUT2D eigenvalue weighted by Gasteiger charge is 2.13. The average Bonchev–Trinajstić information content (AvgIpc) is 2.97. The fraction of sp³-hybridized carbons (Fsp3) is 0.250. The molecule has 0 bridgehead atoms. The molecule has 3 nitrogen and oxygen atoms in total. The number of hydrogen-bond donors (Lipinski definition) is 2. The van der Waals surface area contributed by atoms with Crippen molar-refractivity contribution in [3.05, 3.63) is 44.3 Å². The molecule has 0 aliphatic heterocycles. The lowest BCUT2D eigenvalue weighted by molar-refractivity contribution is -0.119. The van der Waals surface area contributed by atoms with Gasteiger partial charge in [-0.15, -0.1) is 22.7 Å². The Morgan fingerprint density at radius 3 is 2.88 bits per heavy atom. The predicted molar refractivity (Wildman–Crippen MR) is 70.2 cm³/mol. The van der Waals surface area contributed by atoms with Gasteiger partial charge in [-0.05, 0) is 23.6 Å². The maximum Gasteiger partial charge on any atom is 0.217 e. The van der Waals surface area contributed by atoms with Crippen molar-refractivity contribution in [2.75, 3.05) is 0 Å². The van der Waals surface area contributed by atoms with E-state index in [-0.39, 0.29) is 5.91 Å². The van der Waals surface area contributed by atoms with E-state index in [1.54, 1.807) is 11.3 Å². The van der Waals surface area contributed by atoms with E-state index in [0.29, 0.717) is 6.54 Å². The summed E-state index contributed by atoms with van der Waals surface area (Å²) in [4.78, 5) is 13.7. The van der Waals surface area contributed by atoms with Crippen LogP contribution in [0.15, 0.2) is 29.6 Å². The Kier molecular flexibility index (Phi) is 3.93. The van der Waals surface area contributed by atoms with Crippen LogP contribution < -0.4 is 5.32 Å². The first-order chi connectivity index (χ1) is 8.16. The van der Waals surface area contributed by atoms with Gasteiger partial charge in [0.15, 0.2) is 0 Å². The number of nitrogens with one attached hydrogen (secondary N) is 1. The molecule has 0 fully saturated rings. The molecular weight excluding hydrogens is 254 g/mol. The number of rotatable bonds is 4. The van der Waals surface area contributed by atoms with Crippen LogP contribution in [0.1, 0.15) is 27.7 Å². The van der Waals surface area contributed by atoms with Crippen LogP contribution in [0.4, 0.5) is 0 Å². The number of amides is 1. The average molecular weight is 267 g/mol. The standard InChI is InChI=1S/C12H13NO2S2/c1-8(14)13-7-9-4-5-11(17-9)12(15)10-3-2-6-16-10/h2-6,12,15H,7H2,1H3,(H,13,14). The van der Waals surface area contributed by atoms with Crippen LogP contribution in [0.25, 0.3) is 0 Å². The van der Waals surface area contributed by atoms with Gasteiger partial charge in [-0.1, -0.05) is 6.07 Å². The molecule has 2 N–H and O–H groups in total. The number of aliphatic hydroxyl groups is 1. The number of aliphatic hydroxyl groups excluding tert-OH is 1. The highest BCUT2D eigenvalue weighted by Crippen LogP contribution is 2.30. The molecule has 1 amide bonds. The first-order valence-electron chi connectivity index (χ1n) is 5.21. The zero-order valence-corrected chi connectivity index (χ0v) is 11.0. The van der Waals surface area contributed by atoms with Gasteiger partial charge in [-0.2, -0.15) is 0 Å². The highest BCUT2D eigenvalue weighted by atomic mass is 32.1. The van der Waals surface area contributed by atoms with Crippen LogP contribution in [0, 0.1) is 0 Å². The van der Waals surface area contributed by atoms with E-state index in [9.17, 15) is 9.90 Å². The van der Waals surface area contributed by atoms with E-state index < -0.39 is 6.10 Å². The lowest BCUT2D eigenvalue weighted by atomic mass is 10.2. The van der Waals surface area contributed by atoms with E-state index in [2.05, 4.69) is 5.32 Å². The summed E-state index contributed by atoms with van der Waals surface area (Å²) in [5.41, 5.74) is 0. The van der Waals surface area contributed by atoms with Gasteiger partial charge in [0.2, 0.25) is 5.91 Å². The van der Waals surface area contributed by atoms with Gasteiger partial charge >= 0.3 is 0 Å². The molecule has 17 heavy (non-hydrogen) atoms. The summed E-state index contributed by atoms with van der Waals surface area (Å²) in [7, 11) is 0. The zero-order chi connectivity index (χ0) is 12.3. The minimum Gasteiger partial charge on any atom is -0.382 e. The van der Waals surface area contributed by atoms with E-state index in [1.807, 2.05) is 29.6 Å². The quantitative estimate of drug-likeness (QED) is 0.894. The van der Waals surface area contributed by atoms with Crippen molar-refractivity contribution in [1.82, 2.24) is 5.32 Å². The molecule has 1 unspecified atom stereocenters. The molecule has 90 valence electrons. The third kappa shape index (κ3) is 3.15. The minimum absolute atomic E-state index is 0.0428. The molecule has 2 aromatic rings. The van der Waals surface area contributed by atoms with Gasteiger partial charge in [-0.25, -0.2) is 0 Å². The van der Waals surface area contributed by atoms with Crippen LogP contribution in [0.3, 0.4) is 0 Å². The Hall–Kier alpha value is -1.17. The molecule has 0 aliphatic carbocycles. The predicted octanol–water partition coefficient (Wildman–Crippen LogP) is 2.53. The summed E-state index contributed by atoms with van der Waals surface area (Å²) in [6, 6.07) is 7.69. The molecule has 2 heterocycles. The topological polar surface area (TPSA) is 49.3 Å². The van der Waals surface area contributed by atoms with E-state index in [1.165, 1.54) is 18.3 Å². The van der Waals surface area contributed by atoms with Crippen molar-refractivity contribution in [3.8, 4) is 0 Å². The molecule has 0 saturated heterocycles. The summed E-state index contributed by atoms with van der Waals surface area (Å²) >= 11 is 3.06. The molecule has 0 saturated carbocycles. The lowest BCUT2D eigenvalue weighted by Crippen LogP contribution is -2.18. The number of carbonyl (C=O) groups excluding carboxylic acids is 1. The SMILES string of the molecule is CC(=O)NCc1ccc(C(O)c2cccs2)s1. The van der Waals surface area contributed by atoms with Gasteiger partial charge in [0.25, 0.3) is 0 Å². The number of hydrogen-bond acceptors (Lipinski definition) is 4. The number of carbonyl (C=O) groups is 1. The molecule has 0 aliphatic rings. The Morgan fingerprint density at radius 2 is 2.24 bits per heavy atom. The monoisotopic (exact) mass is 267 g/mol. The summed E-state index contributed by atoms with van der Waals surface area (Å²) < 4.78 is 0. The Labute approximate surface area is 108 Å².